The summed E-state index contributed by atoms with van der Waals surface area (Å²) < 4.78 is 39.2. The van der Waals surface area contributed by atoms with Crippen molar-refractivity contribution >= 4 is 5.69 Å². The van der Waals surface area contributed by atoms with E-state index in [9.17, 15) is 13.2 Å². The normalized spacial score (nSPS) is 17.8. The molecule has 0 bridgehead atoms. The molecule has 1 fully saturated rings. The number of aliphatic hydroxyl groups is 1. The molecule has 0 spiro atoms. The fraction of sp³-hybridized carbons (Fsp3) is 0.538. The summed E-state index contributed by atoms with van der Waals surface area (Å²) in [6.07, 6.45) is -2.46. The lowest BCUT2D eigenvalue weighted by molar-refractivity contribution is -0.138. The van der Waals surface area contributed by atoms with Gasteiger partial charge in [0.1, 0.15) is 0 Å². The zero-order valence-corrected chi connectivity index (χ0v) is 10.5. The molecule has 19 heavy (non-hydrogen) atoms. The lowest BCUT2D eigenvalue weighted by Gasteiger charge is -2.22. The van der Waals surface area contributed by atoms with Crippen LogP contribution in [0.15, 0.2) is 18.2 Å². The highest BCUT2D eigenvalue weighted by Crippen LogP contribution is 2.37. The predicted molar refractivity (Wildman–Crippen MR) is 66.9 cm³/mol. The van der Waals surface area contributed by atoms with E-state index in [1.807, 2.05) is 4.90 Å². The van der Waals surface area contributed by atoms with Gasteiger partial charge in [-0.25, -0.2) is 0 Å². The maximum Gasteiger partial charge on any atom is 0.416 e. The van der Waals surface area contributed by atoms with Crippen LogP contribution in [0.1, 0.15) is 30.0 Å². The number of benzene rings is 1. The quantitative estimate of drug-likeness (QED) is 0.889. The second-order valence-corrected chi connectivity index (χ2v) is 4.75. The first-order chi connectivity index (χ1) is 8.93. The molecule has 2 rings (SSSR count). The highest BCUT2D eigenvalue weighted by Gasteiger charge is 2.35. The Morgan fingerprint density at radius 2 is 1.89 bits per heavy atom. The Morgan fingerprint density at radius 3 is 2.42 bits per heavy atom. The van der Waals surface area contributed by atoms with E-state index in [2.05, 4.69) is 0 Å². The van der Waals surface area contributed by atoms with Gasteiger partial charge in [0.15, 0.2) is 0 Å². The maximum absolute atomic E-state index is 13.1. The van der Waals surface area contributed by atoms with E-state index < -0.39 is 24.4 Å². The molecule has 1 aliphatic rings. The van der Waals surface area contributed by atoms with Crippen molar-refractivity contribution in [1.29, 1.82) is 0 Å². The molecule has 3 N–H and O–H groups in total. The third-order valence-corrected chi connectivity index (χ3v) is 3.41. The van der Waals surface area contributed by atoms with Gasteiger partial charge in [-0.15, -0.1) is 0 Å². The fourth-order valence-corrected chi connectivity index (χ4v) is 2.38. The lowest BCUT2D eigenvalue weighted by atomic mass is 10.00. The van der Waals surface area contributed by atoms with Gasteiger partial charge in [0.2, 0.25) is 0 Å². The highest BCUT2D eigenvalue weighted by atomic mass is 19.4. The molecular formula is C13H17F3N2O. The van der Waals surface area contributed by atoms with Gasteiger partial charge in [-0.3, -0.25) is 0 Å². The SMILES string of the molecule is N[C@H](CO)c1ccc(N2CCCC2)cc1C(F)(F)F. The van der Waals surface area contributed by atoms with Crippen LogP contribution in [0.25, 0.3) is 0 Å². The number of aliphatic hydroxyl groups excluding tert-OH is 1. The predicted octanol–water partition coefficient (Wildman–Crippen LogP) is 2.30. The first-order valence-electron chi connectivity index (χ1n) is 6.26. The van der Waals surface area contributed by atoms with E-state index in [0.717, 1.165) is 32.0 Å². The molecule has 1 aliphatic heterocycles. The zero-order chi connectivity index (χ0) is 14.0. The van der Waals surface area contributed by atoms with Crippen molar-refractivity contribution in [3.05, 3.63) is 29.3 Å². The third kappa shape index (κ3) is 3.01. The van der Waals surface area contributed by atoms with Gasteiger partial charge in [0, 0.05) is 18.8 Å². The van der Waals surface area contributed by atoms with Gasteiger partial charge in [-0.2, -0.15) is 13.2 Å². The molecule has 0 radical (unpaired) electrons. The molecule has 1 saturated heterocycles. The molecule has 0 unspecified atom stereocenters. The van der Waals surface area contributed by atoms with E-state index in [1.165, 1.54) is 6.07 Å². The number of alkyl halides is 3. The second kappa shape index (κ2) is 5.38. The molecule has 0 aliphatic carbocycles. The number of nitrogens with zero attached hydrogens (tertiary/aromatic N) is 1. The van der Waals surface area contributed by atoms with Crippen LogP contribution in [0, 0.1) is 0 Å². The summed E-state index contributed by atoms with van der Waals surface area (Å²) in [7, 11) is 0. The van der Waals surface area contributed by atoms with Gasteiger partial charge < -0.3 is 15.7 Å². The van der Waals surface area contributed by atoms with Crippen LogP contribution in [0.2, 0.25) is 0 Å². The zero-order valence-electron chi connectivity index (χ0n) is 10.5. The second-order valence-electron chi connectivity index (χ2n) is 4.75. The standard InChI is InChI=1S/C13H17F3N2O/c14-13(15,16)11-7-9(18-5-1-2-6-18)3-4-10(11)12(17)8-19/h3-4,7,12,19H,1-2,5-6,8,17H2/t12-/m1/s1. The lowest BCUT2D eigenvalue weighted by Crippen LogP contribution is -2.22. The Bertz CT molecular complexity index is 442. The van der Waals surface area contributed by atoms with Crippen molar-refractivity contribution in [3.63, 3.8) is 0 Å². The Labute approximate surface area is 109 Å². The van der Waals surface area contributed by atoms with Crippen molar-refractivity contribution in [2.24, 2.45) is 5.73 Å². The monoisotopic (exact) mass is 274 g/mol. The summed E-state index contributed by atoms with van der Waals surface area (Å²) in [5.41, 5.74) is 5.29. The van der Waals surface area contributed by atoms with E-state index in [-0.39, 0.29) is 5.56 Å². The minimum absolute atomic E-state index is 0.0575. The molecule has 3 nitrogen and oxygen atoms in total. The molecule has 1 aromatic rings. The first-order valence-corrected chi connectivity index (χ1v) is 6.26. The third-order valence-electron chi connectivity index (χ3n) is 3.41. The summed E-state index contributed by atoms with van der Waals surface area (Å²) in [4.78, 5) is 1.93. The van der Waals surface area contributed by atoms with Crippen molar-refractivity contribution in [2.75, 3.05) is 24.6 Å². The number of hydrogen-bond donors (Lipinski definition) is 2. The number of halogens is 3. The van der Waals surface area contributed by atoms with Crippen molar-refractivity contribution in [3.8, 4) is 0 Å². The smallest absolute Gasteiger partial charge is 0.394 e. The minimum atomic E-state index is -4.46. The van der Waals surface area contributed by atoms with Crippen LogP contribution in [0.3, 0.4) is 0 Å². The van der Waals surface area contributed by atoms with Crippen LogP contribution in [-0.4, -0.2) is 24.8 Å². The van der Waals surface area contributed by atoms with Gasteiger partial charge in [-0.05, 0) is 30.5 Å². The van der Waals surface area contributed by atoms with Crippen LogP contribution in [-0.2, 0) is 6.18 Å². The topological polar surface area (TPSA) is 49.5 Å². The summed E-state index contributed by atoms with van der Waals surface area (Å²) >= 11 is 0. The summed E-state index contributed by atoms with van der Waals surface area (Å²) in [6, 6.07) is 3.14. The van der Waals surface area contributed by atoms with Crippen LogP contribution in [0.5, 0.6) is 0 Å². The highest BCUT2D eigenvalue weighted by molar-refractivity contribution is 5.53. The average molecular weight is 274 g/mol. The number of rotatable bonds is 3. The molecule has 106 valence electrons. The molecule has 0 amide bonds. The minimum Gasteiger partial charge on any atom is -0.394 e. The van der Waals surface area contributed by atoms with Gasteiger partial charge in [-0.1, -0.05) is 6.07 Å². The Balaban J connectivity index is 2.41. The van der Waals surface area contributed by atoms with Crippen LogP contribution < -0.4 is 10.6 Å². The molecular weight excluding hydrogens is 257 g/mol. The van der Waals surface area contributed by atoms with Crippen molar-refractivity contribution in [2.45, 2.75) is 25.1 Å². The molecule has 0 aromatic heterocycles. The van der Waals surface area contributed by atoms with E-state index >= 15 is 0 Å². The maximum atomic E-state index is 13.1. The van der Waals surface area contributed by atoms with Gasteiger partial charge >= 0.3 is 6.18 Å². The largest absolute Gasteiger partial charge is 0.416 e. The van der Waals surface area contributed by atoms with Crippen molar-refractivity contribution in [1.82, 2.24) is 0 Å². The van der Waals surface area contributed by atoms with E-state index in [0.29, 0.717) is 5.69 Å². The Hall–Kier alpha value is -1.27. The molecule has 6 heteroatoms. The molecule has 1 atom stereocenters. The Morgan fingerprint density at radius 1 is 1.26 bits per heavy atom. The van der Waals surface area contributed by atoms with E-state index in [1.54, 1.807) is 6.07 Å². The average Bonchev–Trinajstić information content (AvgIpc) is 2.90. The molecule has 0 saturated carbocycles. The summed E-state index contributed by atoms with van der Waals surface area (Å²) in [5, 5.41) is 8.96. The van der Waals surface area contributed by atoms with Crippen LogP contribution >= 0.6 is 0 Å². The first kappa shape index (κ1) is 14.1. The summed E-state index contributed by atoms with van der Waals surface area (Å²) in [6.45, 7) is 1.05. The van der Waals surface area contributed by atoms with Crippen LogP contribution in [0.4, 0.5) is 18.9 Å². The van der Waals surface area contributed by atoms with Gasteiger partial charge in [0.05, 0.1) is 18.2 Å². The fourth-order valence-electron chi connectivity index (χ4n) is 2.38. The molecule has 1 aromatic carbocycles. The summed E-state index contributed by atoms with van der Waals surface area (Å²) in [5.74, 6) is 0. The van der Waals surface area contributed by atoms with Crippen molar-refractivity contribution < 1.29 is 18.3 Å². The number of hydrogen-bond acceptors (Lipinski definition) is 3. The Kier molecular flexibility index (Phi) is 4.01. The molecule has 1 heterocycles. The van der Waals surface area contributed by atoms with Gasteiger partial charge in [0.25, 0.3) is 0 Å². The van der Waals surface area contributed by atoms with E-state index in [4.69, 9.17) is 10.8 Å². The number of anilines is 1. The number of nitrogens with two attached hydrogens (primary N) is 1.